The van der Waals surface area contributed by atoms with Crippen LogP contribution in [0.4, 0.5) is 0 Å². The summed E-state index contributed by atoms with van der Waals surface area (Å²) in [6, 6.07) is 7.15. The summed E-state index contributed by atoms with van der Waals surface area (Å²) in [6.07, 6.45) is 6.55. The van der Waals surface area contributed by atoms with E-state index in [9.17, 15) is 9.90 Å². The summed E-state index contributed by atoms with van der Waals surface area (Å²) in [5, 5.41) is 9.29. The molecule has 0 spiro atoms. The van der Waals surface area contributed by atoms with Gasteiger partial charge in [0.1, 0.15) is 11.5 Å². The van der Waals surface area contributed by atoms with Gasteiger partial charge in [0, 0.05) is 12.3 Å². The maximum absolute atomic E-state index is 11.9. The van der Waals surface area contributed by atoms with Crippen LogP contribution in [0.2, 0.25) is 0 Å². The highest BCUT2D eigenvalue weighted by molar-refractivity contribution is 6.01. The van der Waals surface area contributed by atoms with E-state index in [1.807, 2.05) is 12.1 Å². The molecule has 1 aromatic rings. The Hall–Kier alpha value is -1.83. The Labute approximate surface area is 100 Å². The molecule has 0 radical (unpaired) electrons. The van der Waals surface area contributed by atoms with Gasteiger partial charge in [-0.25, -0.2) is 0 Å². The minimum atomic E-state index is 0.115. The maximum atomic E-state index is 11.9. The fourth-order valence-corrected chi connectivity index (χ4v) is 2.75. The Balaban J connectivity index is 2.05. The Morgan fingerprint density at radius 3 is 2.65 bits per heavy atom. The molecule has 0 saturated heterocycles. The summed E-state index contributed by atoms with van der Waals surface area (Å²) in [6.45, 7) is 0. The van der Waals surface area contributed by atoms with Crippen molar-refractivity contribution in [3.8, 4) is 5.75 Å². The summed E-state index contributed by atoms with van der Waals surface area (Å²) >= 11 is 0. The first kappa shape index (κ1) is 10.3. The number of rotatable bonds is 1. The second kappa shape index (κ2) is 3.88. The number of phenols is 1. The van der Waals surface area contributed by atoms with Gasteiger partial charge in [-0.1, -0.05) is 29.9 Å². The molecule has 2 heteroatoms. The minimum absolute atomic E-state index is 0.115. The fraction of sp³-hybridized carbons (Fsp3) is 0.267. The van der Waals surface area contributed by atoms with Crippen LogP contribution in [0.25, 0.3) is 5.57 Å². The summed E-state index contributed by atoms with van der Waals surface area (Å²) in [5.74, 6) is 0.722. The lowest BCUT2D eigenvalue weighted by Gasteiger charge is -2.15. The van der Waals surface area contributed by atoms with Crippen molar-refractivity contribution in [2.75, 3.05) is 0 Å². The van der Waals surface area contributed by atoms with Gasteiger partial charge >= 0.3 is 0 Å². The third kappa shape index (κ3) is 1.70. The molecule has 2 aliphatic carbocycles. The minimum Gasteiger partial charge on any atom is -0.508 e. The molecular weight excluding hydrogens is 212 g/mol. The van der Waals surface area contributed by atoms with Gasteiger partial charge in [-0.2, -0.15) is 0 Å². The number of Topliss-reactive ketones (excluding diaryl/α,β-unsaturated/α-hetero) is 1. The highest BCUT2D eigenvalue weighted by Gasteiger charge is 2.33. The molecule has 0 saturated carbocycles. The van der Waals surface area contributed by atoms with Gasteiger partial charge in [-0.15, -0.1) is 0 Å². The van der Waals surface area contributed by atoms with E-state index in [-0.39, 0.29) is 11.7 Å². The van der Waals surface area contributed by atoms with Crippen molar-refractivity contribution in [2.45, 2.75) is 19.3 Å². The van der Waals surface area contributed by atoms with Gasteiger partial charge in [-0.3, -0.25) is 4.79 Å². The summed E-state index contributed by atoms with van der Waals surface area (Å²) < 4.78 is 0. The van der Waals surface area contributed by atoms with Crippen molar-refractivity contribution in [1.29, 1.82) is 0 Å². The number of hydrogen-bond acceptors (Lipinski definition) is 2. The molecule has 0 amide bonds. The van der Waals surface area contributed by atoms with E-state index >= 15 is 0 Å². The van der Waals surface area contributed by atoms with Crippen molar-refractivity contribution < 1.29 is 9.90 Å². The van der Waals surface area contributed by atoms with Crippen LogP contribution in [0.3, 0.4) is 0 Å². The van der Waals surface area contributed by atoms with E-state index in [4.69, 9.17) is 0 Å². The lowest BCUT2D eigenvalue weighted by Crippen LogP contribution is -2.11. The van der Waals surface area contributed by atoms with E-state index in [1.165, 1.54) is 11.1 Å². The number of carbonyl (C=O) groups is 1. The van der Waals surface area contributed by atoms with Gasteiger partial charge < -0.3 is 5.11 Å². The van der Waals surface area contributed by atoms with E-state index in [2.05, 4.69) is 12.2 Å². The molecule has 3 rings (SSSR count). The van der Waals surface area contributed by atoms with Crippen LogP contribution >= 0.6 is 0 Å². The van der Waals surface area contributed by atoms with E-state index in [1.54, 1.807) is 12.1 Å². The topological polar surface area (TPSA) is 37.3 Å². The first-order valence-corrected chi connectivity index (χ1v) is 5.95. The zero-order chi connectivity index (χ0) is 11.8. The molecule has 0 bridgehead atoms. The third-order valence-electron chi connectivity index (χ3n) is 3.64. The van der Waals surface area contributed by atoms with Crippen molar-refractivity contribution >= 4 is 11.4 Å². The summed E-state index contributed by atoms with van der Waals surface area (Å²) in [7, 11) is 0. The lowest BCUT2D eigenvalue weighted by atomic mass is 9.88. The van der Waals surface area contributed by atoms with Crippen LogP contribution in [0.15, 0.2) is 42.0 Å². The maximum Gasteiger partial charge on any atom is 0.144 e. The van der Waals surface area contributed by atoms with Gasteiger partial charge in [0.15, 0.2) is 0 Å². The van der Waals surface area contributed by atoms with Crippen molar-refractivity contribution in [3.05, 3.63) is 47.6 Å². The van der Waals surface area contributed by atoms with Crippen molar-refractivity contribution in [2.24, 2.45) is 5.92 Å². The Morgan fingerprint density at radius 1 is 1.12 bits per heavy atom. The Bertz CT molecular complexity index is 520. The predicted octanol–water partition coefficient (Wildman–Crippen LogP) is 3.08. The summed E-state index contributed by atoms with van der Waals surface area (Å²) in [4.78, 5) is 11.9. The van der Waals surface area contributed by atoms with E-state index in [0.717, 1.165) is 18.4 Å². The highest BCUT2D eigenvalue weighted by atomic mass is 16.3. The predicted molar refractivity (Wildman–Crippen MR) is 66.5 cm³/mol. The van der Waals surface area contributed by atoms with Crippen LogP contribution in [0.1, 0.15) is 24.8 Å². The number of hydrogen-bond donors (Lipinski definition) is 1. The molecule has 1 aromatic carbocycles. The molecule has 1 N–H and O–H groups in total. The molecule has 2 nitrogen and oxygen atoms in total. The van der Waals surface area contributed by atoms with Crippen LogP contribution in [0.5, 0.6) is 5.75 Å². The molecule has 0 aliphatic heterocycles. The largest absolute Gasteiger partial charge is 0.508 e. The average molecular weight is 226 g/mol. The van der Waals surface area contributed by atoms with Crippen molar-refractivity contribution in [3.63, 3.8) is 0 Å². The number of phenolic OH excluding ortho intramolecular Hbond substituents is 1. The standard InChI is InChI=1S/C15H14O2/c16-11-7-5-10(6-8-11)14-9-15(17)13-4-2-1-3-12(13)14/h1-2,5-8,13,16H,3-4,9H2. The number of aromatic hydroxyl groups is 1. The van der Waals surface area contributed by atoms with Gasteiger partial charge in [0.25, 0.3) is 0 Å². The molecule has 1 atom stereocenters. The first-order valence-electron chi connectivity index (χ1n) is 5.95. The molecular formula is C15H14O2. The van der Waals surface area contributed by atoms with Gasteiger partial charge in [-0.05, 0) is 36.1 Å². The van der Waals surface area contributed by atoms with Gasteiger partial charge in [0.2, 0.25) is 0 Å². The number of benzene rings is 1. The van der Waals surface area contributed by atoms with Crippen LogP contribution in [-0.2, 0) is 4.79 Å². The molecule has 0 heterocycles. The molecule has 0 aromatic heterocycles. The molecule has 0 fully saturated rings. The monoisotopic (exact) mass is 226 g/mol. The van der Waals surface area contributed by atoms with Crippen LogP contribution in [-0.4, -0.2) is 10.9 Å². The van der Waals surface area contributed by atoms with Crippen LogP contribution < -0.4 is 0 Å². The van der Waals surface area contributed by atoms with E-state index < -0.39 is 0 Å². The molecule has 2 aliphatic rings. The second-order valence-electron chi connectivity index (χ2n) is 4.66. The molecule has 86 valence electrons. The molecule has 17 heavy (non-hydrogen) atoms. The van der Waals surface area contributed by atoms with E-state index in [0.29, 0.717) is 12.2 Å². The first-order chi connectivity index (χ1) is 8.25. The number of allylic oxidation sites excluding steroid dienone is 4. The Morgan fingerprint density at radius 2 is 1.88 bits per heavy atom. The van der Waals surface area contributed by atoms with Crippen molar-refractivity contribution in [1.82, 2.24) is 0 Å². The zero-order valence-electron chi connectivity index (χ0n) is 9.52. The number of fused-ring (bicyclic) bond motifs is 1. The third-order valence-corrected chi connectivity index (χ3v) is 3.64. The molecule has 1 unspecified atom stereocenters. The average Bonchev–Trinajstić information content (AvgIpc) is 2.69. The van der Waals surface area contributed by atoms with Crippen LogP contribution in [0, 0.1) is 5.92 Å². The number of ketones is 1. The van der Waals surface area contributed by atoms with Gasteiger partial charge in [0.05, 0.1) is 0 Å². The summed E-state index contributed by atoms with van der Waals surface area (Å²) in [5.41, 5.74) is 3.52. The number of carbonyl (C=O) groups excluding carboxylic acids is 1. The quantitative estimate of drug-likeness (QED) is 0.747. The normalized spacial score (nSPS) is 23.1. The Kier molecular flexibility index (Phi) is 2.36. The second-order valence-corrected chi connectivity index (χ2v) is 4.66. The fourth-order valence-electron chi connectivity index (χ4n) is 2.75. The lowest BCUT2D eigenvalue weighted by molar-refractivity contribution is -0.120. The SMILES string of the molecule is O=C1CC(c2ccc(O)cc2)=C2CC=CCC12. The highest BCUT2D eigenvalue weighted by Crippen LogP contribution is 2.41. The smallest absolute Gasteiger partial charge is 0.144 e. The zero-order valence-corrected chi connectivity index (χ0v) is 9.52.